The molecule has 0 radical (unpaired) electrons. The molecule has 1 saturated heterocycles. The molecule has 1 aliphatic rings. The fraction of sp³-hybridized carbons (Fsp3) is 0.348. The highest BCUT2D eigenvalue weighted by atomic mass is 32.2. The van der Waals surface area contributed by atoms with Crippen molar-refractivity contribution in [1.82, 2.24) is 14.9 Å². The maximum Gasteiger partial charge on any atom is 0.232 e. The molecule has 0 spiro atoms. The predicted octanol–water partition coefficient (Wildman–Crippen LogP) is 4.57. The first kappa shape index (κ1) is 18.9. The predicted molar refractivity (Wildman–Crippen MR) is 114 cm³/mol. The van der Waals surface area contributed by atoms with Crippen LogP contribution in [-0.2, 0) is 11.2 Å². The summed E-state index contributed by atoms with van der Waals surface area (Å²) in [5.41, 5.74) is 2.12. The van der Waals surface area contributed by atoms with Gasteiger partial charge in [0.1, 0.15) is 10.9 Å². The van der Waals surface area contributed by atoms with Crippen LogP contribution in [0.5, 0.6) is 0 Å². The normalized spacial score (nSPS) is 17.0. The molecule has 1 unspecified atom stereocenters. The van der Waals surface area contributed by atoms with E-state index in [1.165, 1.54) is 23.7 Å². The van der Waals surface area contributed by atoms with E-state index in [4.69, 9.17) is 9.97 Å². The fourth-order valence-corrected chi connectivity index (χ4v) is 4.64. The molecular weight excluding hydrogens is 366 g/mol. The number of aromatic nitrogens is 2. The molecule has 5 heteroatoms. The average molecular weight is 392 g/mol. The zero-order valence-corrected chi connectivity index (χ0v) is 17.0. The Kier molecular flexibility index (Phi) is 5.91. The quantitative estimate of drug-likeness (QED) is 0.472. The number of thioether (sulfide) groups is 1. The topological polar surface area (TPSA) is 46.1 Å². The van der Waals surface area contributed by atoms with Crippen molar-refractivity contribution in [2.75, 3.05) is 18.8 Å². The Morgan fingerprint density at radius 3 is 2.71 bits per heavy atom. The Balaban J connectivity index is 1.54. The monoisotopic (exact) mass is 391 g/mol. The Bertz CT molecular complexity index is 960. The summed E-state index contributed by atoms with van der Waals surface area (Å²) in [6.07, 6.45) is 3.02. The molecule has 4 nitrogen and oxygen atoms in total. The van der Waals surface area contributed by atoms with E-state index in [2.05, 4.69) is 19.1 Å². The van der Waals surface area contributed by atoms with Crippen LogP contribution in [0.3, 0.4) is 0 Å². The lowest BCUT2D eigenvalue weighted by Crippen LogP contribution is -2.40. The highest BCUT2D eigenvalue weighted by Gasteiger charge is 2.21. The SMILES string of the molecule is CC1CCCN(C(=O)CSc2nc(Cc3ccccc3)nc3ccccc23)C1. The third-order valence-corrected chi connectivity index (χ3v) is 6.14. The number of likely N-dealkylation sites (tertiary alicyclic amines) is 1. The van der Waals surface area contributed by atoms with E-state index in [0.29, 0.717) is 18.1 Å². The summed E-state index contributed by atoms with van der Waals surface area (Å²) in [5, 5.41) is 1.92. The highest BCUT2D eigenvalue weighted by molar-refractivity contribution is 8.00. The van der Waals surface area contributed by atoms with Crippen molar-refractivity contribution < 1.29 is 4.79 Å². The molecule has 0 N–H and O–H groups in total. The van der Waals surface area contributed by atoms with Crippen molar-refractivity contribution in [2.24, 2.45) is 5.92 Å². The minimum Gasteiger partial charge on any atom is -0.342 e. The van der Waals surface area contributed by atoms with Crippen LogP contribution >= 0.6 is 11.8 Å². The average Bonchev–Trinajstić information content (AvgIpc) is 2.72. The molecule has 0 saturated carbocycles. The summed E-state index contributed by atoms with van der Waals surface area (Å²) in [6.45, 7) is 3.98. The first-order valence-corrected chi connectivity index (χ1v) is 10.9. The third kappa shape index (κ3) is 4.53. The minimum atomic E-state index is 0.212. The minimum absolute atomic E-state index is 0.212. The van der Waals surface area contributed by atoms with Gasteiger partial charge in [-0.3, -0.25) is 4.79 Å². The number of nitrogens with zero attached hydrogens (tertiary/aromatic N) is 3. The van der Waals surface area contributed by atoms with Gasteiger partial charge in [-0.05, 0) is 30.4 Å². The number of hydrogen-bond donors (Lipinski definition) is 0. The second kappa shape index (κ2) is 8.74. The molecule has 144 valence electrons. The summed E-state index contributed by atoms with van der Waals surface area (Å²) in [6, 6.07) is 18.3. The standard InChI is InChI=1S/C23H25N3OS/c1-17-8-7-13-26(15-17)22(27)16-28-23-19-11-5-6-12-20(19)24-21(25-23)14-18-9-3-2-4-10-18/h2-6,9-12,17H,7-8,13-16H2,1H3. The molecule has 1 atom stereocenters. The number of carbonyl (C=O) groups is 1. The summed E-state index contributed by atoms with van der Waals surface area (Å²) in [5.74, 6) is 2.04. The van der Waals surface area contributed by atoms with Crippen LogP contribution in [0, 0.1) is 5.92 Å². The van der Waals surface area contributed by atoms with Crippen LogP contribution in [-0.4, -0.2) is 39.6 Å². The van der Waals surface area contributed by atoms with E-state index in [1.807, 2.05) is 47.4 Å². The molecule has 1 aromatic heterocycles. The van der Waals surface area contributed by atoms with Crippen LogP contribution in [0.2, 0.25) is 0 Å². The number of para-hydroxylation sites is 1. The first-order chi connectivity index (χ1) is 13.7. The van der Waals surface area contributed by atoms with Crippen LogP contribution in [0.1, 0.15) is 31.2 Å². The lowest BCUT2D eigenvalue weighted by Gasteiger charge is -2.30. The summed E-state index contributed by atoms with van der Waals surface area (Å²) >= 11 is 1.54. The molecule has 4 rings (SSSR count). The van der Waals surface area contributed by atoms with E-state index in [-0.39, 0.29) is 5.91 Å². The van der Waals surface area contributed by atoms with Gasteiger partial charge in [-0.2, -0.15) is 0 Å². The Morgan fingerprint density at radius 2 is 1.89 bits per heavy atom. The maximum atomic E-state index is 12.7. The third-order valence-electron chi connectivity index (χ3n) is 5.16. The van der Waals surface area contributed by atoms with Crippen LogP contribution in [0.4, 0.5) is 0 Å². The van der Waals surface area contributed by atoms with Crippen molar-refractivity contribution in [2.45, 2.75) is 31.2 Å². The molecule has 0 aliphatic carbocycles. The van der Waals surface area contributed by atoms with Crippen molar-refractivity contribution in [3.8, 4) is 0 Å². The summed E-state index contributed by atoms with van der Waals surface area (Å²) < 4.78 is 0. The zero-order chi connectivity index (χ0) is 19.3. The van der Waals surface area contributed by atoms with Gasteiger partial charge in [0.15, 0.2) is 0 Å². The molecule has 3 aromatic rings. The lowest BCUT2D eigenvalue weighted by molar-refractivity contribution is -0.130. The molecule has 0 bridgehead atoms. The van der Waals surface area contributed by atoms with Gasteiger partial charge in [0.2, 0.25) is 5.91 Å². The number of fused-ring (bicyclic) bond motifs is 1. The Hall–Kier alpha value is -2.40. The van der Waals surface area contributed by atoms with E-state index >= 15 is 0 Å². The van der Waals surface area contributed by atoms with Gasteiger partial charge in [-0.1, -0.05) is 67.2 Å². The van der Waals surface area contributed by atoms with E-state index in [1.54, 1.807) is 0 Å². The highest BCUT2D eigenvalue weighted by Crippen LogP contribution is 2.27. The lowest BCUT2D eigenvalue weighted by atomic mass is 10.0. The van der Waals surface area contributed by atoms with Gasteiger partial charge in [0.25, 0.3) is 0 Å². The number of hydrogen-bond acceptors (Lipinski definition) is 4. The van der Waals surface area contributed by atoms with Crippen molar-refractivity contribution in [3.05, 3.63) is 66.0 Å². The van der Waals surface area contributed by atoms with Crippen molar-refractivity contribution in [1.29, 1.82) is 0 Å². The zero-order valence-electron chi connectivity index (χ0n) is 16.2. The van der Waals surface area contributed by atoms with E-state index in [9.17, 15) is 4.79 Å². The second-order valence-corrected chi connectivity index (χ2v) is 8.46. The number of benzene rings is 2. The molecule has 2 aromatic carbocycles. The number of amides is 1. The van der Waals surface area contributed by atoms with Crippen molar-refractivity contribution >= 4 is 28.6 Å². The molecule has 1 amide bonds. The van der Waals surface area contributed by atoms with Gasteiger partial charge < -0.3 is 4.90 Å². The maximum absolute atomic E-state index is 12.7. The summed E-state index contributed by atoms with van der Waals surface area (Å²) in [4.78, 5) is 24.2. The van der Waals surface area contributed by atoms with E-state index in [0.717, 1.165) is 41.3 Å². The van der Waals surface area contributed by atoms with Crippen LogP contribution in [0.25, 0.3) is 10.9 Å². The first-order valence-electron chi connectivity index (χ1n) is 9.89. The van der Waals surface area contributed by atoms with E-state index < -0.39 is 0 Å². The molecule has 1 aliphatic heterocycles. The molecule has 28 heavy (non-hydrogen) atoms. The number of piperidine rings is 1. The second-order valence-electron chi connectivity index (χ2n) is 7.50. The Labute approximate surface area is 170 Å². The molecule has 2 heterocycles. The largest absolute Gasteiger partial charge is 0.342 e. The number of carbonyl (C=O) groups excluding carboxylic acids is 1. The van der Waals surface area contributed by atoms with Crippen LogP contribution in [0.15, 0.2) is 59.6 Å². The van der Waals surface area contributed by atoms with Crippen molar-refractivity contribution in [3.63, 3.8) is 0 Å². The molecule has 1 fully saturated rings. The van der Waals surface area contributed by atoms with Gasteiger partial charge in [-0.15, -0.1) is 0 Å². The van der Waals surface area contributed by atoms with Gasteiger partial charge in [0.05, 0.1) is 11.3 Å². The number of rotatable bonds is 5. The van der Waals surface area contributed by atoms with Crippen LogP contribution < -0.4 is 0 Å². The molecular formula is C23H25N3OS. The van der Waals surface area contributed by atoms with Gasteiger partial charge >= 0.3 is 0 Å². The Morgan fingerprint density at radius 1 is 1.11 bits per heavy atom. The fourth-order valence-electron chi connectivity index (χ4n) is 3.70. The smallest absolute Gasteiger partial charge is 0.232 e. The summed E-state index contributed by atoms with van der Waals surface area (Å²) in [7, 11) is 0. The van der Waals surface area contributed by atoms with Gasteiger partial charge in [-0.25, -0.2) is 9.97 Å². The van der Waals surface area contributed by atoms with Gasteiger partial charge in [0, 0.05) is 24.9 Å².